The second-order valence-corrected chi connectivity index (χ2v) is 7.05. The van der Waals surface area contributed by atoms with Gasteiger partial charge in [0, 0.05) is 18.9 Å². The largest absolute Gasteiger partial charge is 0.378 e. The highest BCUT2D eigenvalue weighted by Gasteiger charge is 2.37. The molecule has 116 valence electrons. The Balaban J connectivity index is 2.33. The van der Waals surface area contributed by atoms with E-state index in [1.54, 1.807) is 24.3 Å². The van der Waals surface area contributed by atoms with Crippen LogP contribution in [0.4, 0.5) is 0 Å². The number of ether oxygens (including phenoxy) is 1. The zero-order chi connectivity index (χ0) is 15.5. The Hall–Kier alpha value is -0.960. The van der Waals surface area contributed by atoms with Gasteiger partial charge in [0.25, 0.3) is 0 Å². The number of nitrogens with zero attached hydrogens (tertiary/aromatic N) is 1. The molecule has 1 saturated heterocycles. The van der Waals surface area contributed by atoms with Gasteiger partial charge in [-0.1, -0.05) is 28.1 Å². The quantitative estimate of drug-likeness (QED) is 0.785. The summed E-state index contributed by atoms with van der Waals surface area (Å²) in [7, 11) is -2.24. The van der Waals surface area contributed by atoms with Gasteiger partial charge in [0.15, 0.2) is 0 Å². The van der Waals surface area contributed by atoms with Gasteiger partial charge in [0.2, 0.25) is 15.9 Å². The van der Waals surface area contributed by atoms with Crippen LogP contribution in [-0.2, 0) is 24.9 Å². The Morgan fingerprint density at radius 3 is 2.67 bits per heavy atom. The van der Waals surface area contributed by atoms with E-state index in [0.29, 0.717) is 5.33 Å². The Labute approximate surface area is 132 Å². The number of morpholine rings is 1. The fourth-order valence-corrected chi connectivity index (χ4v) is 4.07. The maximum absolute atomic E-state index is 12.7. The third-order valence-electron chi connectivity index (χ3n) is 3.31. The molecule has 0 radical (unpaired) electrons. The lowest BCUT2D eigenvalue weighted by Crippen LogP contribution is -2.55. The number of halogens is 1. The van der Waals surface area contributed by atoms with Crippen molar-refractivity contribution >= 4 is 31.9 Å². The highest BCUT2D eigenvalue weighted by molar-refractivity contribution is 9.08. The van der Waals surface area contributed by atoms with Crippen LogP contribution in [-0.4, -0.2) is 51.5 Å². The van der Waals surface area contributed by atoms with Crippen LogP contribution >= 0.6 is 15.9 Å². The molecular weight excluding hydrogens is 360 g/mol. The average molecular weight is 377 g/mol. The topological polar surface area (TPSA) is 75.7 Å². The maximum atomic E-state index is 12.7. The van der Waals surface area contributed by atoms with Crippen LogP contribution in [0.5, 0.6) is 0 Å². The molecular formula is C13H17BrN2O4S. The summed E-state index contributed by atoms with van der Waals surface area (Å²) in [5, 5.41) is 3.13. The lowest BCUT2D eigenvalue weighted by Gasteiger charge is -2.33. The van der Waals surface area contributed by atoms with Crippen LogP contribution < -0.4 is 5.32 Å². The Bertz CT molecular complexity index is 603. The van der Waals surface area contributed by atoms with Gasteiger partial charge in [-0.05, 0) is 17.7 Å². The highest BCUT2D eigenvalue weighted by atomic mass is 79.9. The number of carbonyl (C=O) groups excluding carboxylic acids is 1. The van der Waals surface area contributed by atoms with Gasteiger partial charge in [-0.15, -0.1) is 0 Å². The number of carbonyl (C=O) groups is 1. The number of amides is 1. The van der Waals surface area contributed by atoms with Crippen molar-refractivity contribution in [3.63, 3.8) is 0 Å². The molecule has 1 unspecified atom stereocenters. The van der Waals surface area contributed by atoms with Crippen LogP contribution in [0.2, 0.25) is 0 Å². The number of benzene rings is 1. The van der Waals surface area contributed by atoms with Crippen LogP contribution in [0.3, 0.4) is 0 Å². The van der Waals surface area contributed by atoms with E-state index in [4.69, 9.17) is 4.74 Å². The van der Waals surface area contributed by atoms with Gasteiger partial charge >= 0.3 is 0 Å². The number of sulfonamides is 1. The minimum absolute atomic E-state index is 0.0678. The highest BCUT2D eigenvalue weighted by Crippen LogP contribution is 2.21. The maximum Gasteiger partial charge on any atom is 0.243 e. The van der Waals surface area contributed by atoms with E-state index >= 15 is 0 Å². The Morgan fingerprint density at radius 1 is 1.43 bits per heavy atom. The summed E-state index contributed by atoms with van der Waals surface area (Å²) < 4.78 is 31.8. The third-order valence-corrected chi connectivity index (χ3v) is 5.88. The van der Waals surface area contributed by atoms with Crippen molar-refractivity contribution in [3.05, 3.63) is 29.8 Å². The molecule has 1 atom stereocenters. The molecule has 0 saturated carbocycles. The third kappa shape index (κ3) is 3.45. The van der Waals surface area contributed by atoms with Crippen molar-refractivity contribution in [1.29, 1.82) is 0 Å². The zero-order valence-corrected chi connectivity index (χ0v) is 14.0. The molecule has 1 aromatic carbocycles. The van der Waals surface area contributed by atoms with Crippen molar-refractivity contribution in [3.8, 4) is 0 Å². The molecule has 1 aliphatic heterocycles. The first-order chi connectivity index (χ1) is 10.0. The van der Waals surface area contributed by atoms with Gasteiger partial charge in [-0.25, -0.2) is 8.42 Å². The molecule has 0 aliphatic carbocycles. The molecule has 1 N–H and O–H groups in total. The van der Waals surface area contributed by atoms with Crippen molar-refractivity contribution in [2.75, 3.05) is 26.8 Å². The molecule has 0 spiro atoms. The van der Waals surface area contributed by atoms with E-state index < -0.39 is 16.1 Å². The molecule has 8 heteroatoms. The minimum atomic E-state index is -3.71. The first-order valence-corrected chi connectivity index (χ1v) is 9.03. The second kappa shape index (κ2) is 6.87. The number of hydrogen-bond donors (Lipinski definition) is 1. The summed E-state index contributed by atoms with van der Waals surface area (Å²) in [5.74, 6) is -0.365. The summed E-state index contributed by atoms with van der Waals surface area (Å²) >= 11 is 3.32. The van der Waals surface area contributed by atoms with Crippen LogP contribution in [0, 0.1) is 0 Å². The predicted octanol–water partition coefficient (Wildman–Crippen LogP) is 0.717. The molecule has 1 fully saturated rings. The summed E-state index contributed by atoms with van der Waals surface area (Å²) in [6.07, 6.45) is 0. The summed E-state index contributed by atoms with van der Waals surface area (Å²) in [6, 6.07) is 5.78. The first kappa shape index (κ1) is 16.4. The molecule has 6 nitrogen and oxygen atoms in total. The van der Waals surface area contributed by atoms with Gasteiger partial charge in [0.1, 0.15) is 6.04 Å². The molecule has 2 rings (SSSR count). The monoisotopic (exact) mass is 376 g/mol. The smallest absolute Gasteiger partial charge is 0.243 e. The molecule has 0 bridgehead atoms. The fraction of sp³-hybridized carbons (Fsp3) is 0.462. The van der Waals surface area contributed by atoms with Crippen molar-refractivity contribution < 1.29 is 17.9 Å². The standard InChI is InChI=1S/C13H17BrN2O4S/c1-15-13(17)12-9-20-7-6-16(12)21(18,19)11-4-2-10(8-14)3-5-11/h2-5,12H,6-9H2,1H3,(H,15,17). The van der Waals surface area contributed by atoms with Gasteiger partial charge in [-0.2, -0.15) is 4.31 Å². The predicted molar refractivity (Wildman–Crippen MR) is 81.6 cm³/mol. The lowest BCUT2D eigenvalue weighted by molar-refractivity contribution is -0.128. The zero-order valence-electron chi connectivity index (χ0n) is 11.6. The van der Waals surface area contributed by atoms with Crippen LogP contribution in [0.1, 0.15) is 5.56 Å². The minimum Gasteiger partial charge on any atom is -0.378 e. The fourth-order valence-electron chi connectivity index (χ4n) is 2.14. The number of hydrogen-bond acceptors (Lipinski definition) is 4. The molecule has 1 aromatic rings. The van der Waals surface area contributed by atoms with E-state index in [0.717, 1.165) is 5.56 Å². The van der Waals surface area contributed by atoms with Crippen molar-refractivity contribution in [2.45, 2.75) is 16.3 Å². The van der Waals surface area contributed by atoms with Crippen LogP contribution in [0.25, 0.3) is 0 Å². The molecule has 1 aliphatic rings. The molecule has 0 aromatic heterocycles. The molecule has 1 amide bonds. The molecule has 21 heavy (non-hydrogen) atoms. The number of alkyl halides is 1. The summed E-state index contributed by atoms with van der Waals surface area (Å²) in [4.78, 5) is 12.0. The van der Waals surface area contributed by atoms with Crippen molar-refractivity contribution in [1.82, 2.24) is 9.62 Å². The number of nitrogens with one attached hydrogen (secondary N) is 1. The number of likely N-dealkylation sites (N-methyl/N-ethyl adjacent to an activating group) is 1. The Morgan fingerprint density at radius 2 is 2.10 bits per heavy atom. The number of rotatable bonds is 4. The SMILES string of the molecule is CNC(=O)C1COCCN1S(=O)(=O)c1ccc(CBr)cc1. The normalized spacial score (nSPS) is 20.2. The Kier molecular flexibility index (Phi) is 5.37. The van der Waals surface area contributed by atoms with Gasteiger partial charge in [0.05, 0.1) is 18.1 Å². The lowest BCUT2D eigenvalue weighted by atomic mass is 10.2. The summed E-state index contributed by atoms with van der Waals surface area (Å²) in [6.45, 7) is 0.519. The van der Waals surface area contributed by atoms with Crippen molar-refractivity contribution in [2.24, 2.45) is 0 Å². The van der Waals surface area contributed by atoms with E-state index in [9.17, 15) is 13.2 Å². The van der Waals surface area contributed by atoms with E-state index in [2.05, 4.69) is 21.2 Å². The van der Waals surface area contributed by atoms with Gasteiger partial charge in [-0.3, -0.25) is 4.79 Å². The summed E-state index contributed by atoms with van der Waals surface area (Å²) in [5.41, 5.74) is 0.985. The van der Waals surface area contributed by atoms with Gasteiger partial charge < -0.3 is 10.1 Å². The second-order valence-electron chi connectivity index (χ2n) is 4.60. The van der Waals surface area contributed by atoms with E-state index in [-0.39, 0.29) is 30.6 Å². The molecule has 1 heterocycles. The van der Waals surface area contributed by atoms with E-state index in [1.165, 1.54) is 11.4 Å². The first-order valence-electron chi connectivity index (χ1n) is 6.47. The average Bonchev–Trinajstić information content (AvgIpc) is 2.54. The van der Waals surface area contributed by atoms with E-state index in [1.807, 2.05) is 0 Å². The van der Waals surface area contributed by atoms with Crippen LogP contribution in [0.15, 0.2) is 29.2 Å².